The Morgan fingerprint density at radius 3 is 2.28 bits per heavy atom. The van der Waals surface area contributed by atoms with Gasteiger partial charge in [-0.1, -0.05) is 30.3 Å². The number of carbonyl (C=O) groups excluding carboxylic acids is 2. The lowest BCUT2D eigenvalue weighted by atomic mass is 10.1. The van der Waals surface area contributed by atoms with Crippen LogP contribution in [0.3, 0.4) is 0 Å². The maximum atomic E-state index is 11.9. The summed E-state index contributed by atoms with van der Waals surface area (Å²) in [5.41, 5.74) is 0.962. The summed E-state index contributed by atoms with van der Waals surface area (Å²) in [5.74, 6) is -1.91. The summed E-state index contributed by atoms with van der Waals surface area (Å²) in [7, 11) is 0. The minimum Gasteiger partial charge on any atom is -0.480 e. The van der Waals surface area contributed by atoms with Crippen molar-refractivity contribution in [1.82, 2.24) is 10.6 Å². The van der Waals surface area contributed by atoms with Crippen molar-refractivity contribution in [2.24, 2.45) is 0 Å². The predicted molar refractivity (Wildman–Crippen MR) is 91.3 cm³/mol. The van der Waals surface area contributed by atoms with Gasteiger partial charge in [-0.05, 0) is 25.3 Å². The zero-order chi connectivity index (χ0) is 18.7. The summed E-state index contributed by atoms with van der Waals surface area (Å²) in [6.45, 7) is 1.85. The topological polar surface area (TPSA) is 119 Å². The van der Waals surface area contributed by atoms with Gasteiger partial charge >= 0.3 is 5.97 Å². The van der Waals surface area contributed by atoms with E-state index in [-0.39, 0.29) is 37.6 Å². The Bertz CT molecular complexity index is 625. The zero-order valence-corrected chi connectivity index (χ0v) is 14.2. The molecule has 1 rings (SSSR count). The maximum Gasteiger partial charge on any atom is 0.326 e. The molecule has 0 saturated heterocycles. The van der Waals surface area contributed by atoms with E-state index in [0.29, 0.717) is 6.42 Å². The largest absolute Gasteiger partial charge is 0.480 e. The number of rotatable bonds is 10. The van der Waals surface area contributed by atoms with E-state index >= 15 is 0 Å². The molecule has 134 valence electrons. The Balaban J connectivity index is 2.37. The van der Waals surface area contributed by atoms with Gasteiger partial charge in [0.25, 0.3) is 0 Å². The van der Waals surface area contributed by atoms with Gasteiger partial charge in [-0.3, -0.25) is 9.59 Å². The molecule has 2 atom stereocenters. The van der Waals surface area contributed by atoms with E-state index in [1.165, 1.54) is 0 Å². The first-order chi connectivity index (χ1) is 11.9. The molecule has 3 N–H and O–H groups in total. The third kappa shape index (κ3) is 7.97. The summed E-state index contributed by atoms with van der Waals surface area (Å²) in [6, 6.07) is 10.2. The van der Waals surface area contributed by atoms with Crippen molar-refractivity contribution in [3.05, 3.63) is 35.9 Å². The lowest BCUT2D eigenvalue weighted by Crippen LogP contribution is -2.41. The van der Waals surface area contributed by atoms with E-state index in [2.05, 4.69) is 10.6 Å². The number of nitrogens with zero attached hydrogens (tertiary/aromatic N) is 1. The van der Waals surface area contributed by atoms with Crippen molar-refractivity contribution in [3.63, 3.8) is 0 Å². The van der Waals surface area contributed by atoms with Crippen molar-refractivity contribution in [1.29, 1.82) is 5.26 Å². The molecule has 0 saturated carbocycles. The second kappa shape index (κ2) is 10.8. The van der Waals surface area contributed by atoms with Crippen molar-refractivity contribution in [2.75, 3.05) is 0 Å². The van der Waals surface area contributed by atoms with E-state index in [1.807, 2.05) is 43.3 Å². The number of carboxylic acid groups (broad SMARTS) is 1. The molecule has 0 aliphatic carbocycles. The fourth-order valence-electron chi connectivity index (χ4n) is 2.27. The summed E-state index contributed by atoms with van der Waals surface area (Å²) in [4.78, 5) is 34.8. The summed E-state index contributed by atoms with van der Waals surface area (Å²) in [5, 5.41) is 22.7. The standard InChI is InChI=1S/C18H23N3O4/c1-13(14-7-3-2-4-8-14)20-16(22)10-11-17(23)21-15(18(24)25)9-5-6-12-19/h2-4,7-8,13,15H,5-6,9-11H2,1H3,(H,20,22)(H,21,23)(H,24,25)/t13-,15-/m1/s1. The number of carboxylic acids is 1. The van der Waals surface area contributed by atoms with Crippen molar-refractivity contribution < 1.29 is 19.5 Å². The molecule has 25 heavy (non-hydrogen) atoms. The first kappa shape index (κ1) is 20.2. The number of benzene rings is 1. The van der Waals surface area contributed by atoms with Crippen LogP contribution in [0.25, 0.3) is 0 Å². The number of unbranched alkanes of at least 4 members (excludes halogenated alkanes) is 1. The van der Waals surface area contributed by atoms with Gasteiger partial charge in [0.1, 0.15) is 6.04 Å². The first-order valence-corrected chi connectivity index (χ1v) is 8.17. The third-order valence-electron chi connectivity index (χ3n) is 3.67. The highest BCUT2D eigenvalue weighted by molar-refractivity contribution is 5.87. The summed E-state index contributed by atoms with van der Waals surface area (Å²) >= 11 is 0. The van der Waals surface area contributed by atoms with Gasteiger partial charge in [-0.2, -0.15) is 5.26 Å². The summed E-state index contributed by atoms with van der Waals surface area (Å²) in [6.07, 6.45) is 0.705. The highest BCUT2D eigenvalue weighted by atomic mass is 16.4. The highest BCUT2D eigenvalue weighted by Crippen LogP contribution is 2.11. The maximum absolute atomic E-state index is 11.9. The minimum atomic E-state index is -1.14. The van der Waals surface area contributed by atoms with Gasteiger partial charge < -0.3 is 15.7 Å². The molecule has 0 radical (unpaired) electrons. The third-order valence-corrected chi connectivity index (χ3v) is 3.67. The van der Waals surface area contributed by atoms with Crippen molar-refractivity contribution >= 4 is 17.8 Å². The Morgan fingerprint density at radius 2 is 1.72 bits per heavy atom. The quantitative estimate of drug-likeness (QED) is 0.560. The monoisotopic (exact) mass is 345 g/mol. The van der Waals surface area contributed by atoms with Gasteiger partial charge in [0.2, 0.25) is 11.8 Å². The second-order valence-electron chi connectivity index (χ2n) is 5.71. The SMILES string of the molecule is C[C@@H](NC(=O)CCC(=O)N[C@H](CCCC#N)C(=O)O)c1ccccc1. The van der Waals surface area contributed by atoms with Crippen LogP contribution in [-0.4, -0.2) is 28.9 Å². The molecular weight excluding hydrogens is 322 g/mol. The molecule has 0 aromatic heterocycles. The molecule has 0 fully saturated rings. The van der Waals surface area contributed by atoms with Crippen LogP contribution in [0.1, 0.15) is 50.6 Å². The number of hydrogen-bond donors (Lipinski definition) is 3. The van der Waals surface area contributed by atoms with E-state index < -0.39 is 17.9 Å². The van der Waals surface area contributed by atoms with E-state index in [9.17, 15) is 14.4 Å². The molecule has 7 nitrogen and oxygen atoms in total. The first-order valence-electron chi connectivity index (χ1n) is 8.17. The van der Waals surface area contributed by atoms with Crippen molar-refractivity contribution in [2.45, 2.75) is 51.1 Å². The van der Waals surface area contributed by atoms with E-state index in [4.69, 9.17) is 10.4 Å². The minimum absolute atomic E-state index is 0.0203. The van der Waals surface area contributed by atoms with Crippen LogP contribution in [0.2, 0.25) is 0 Å². The molecule has 7 heteroatoms. The molecular formula is C18H23N3O4. The average molecular weight is 345 g/mol. The van der Waals surface area contributed by atoms with Gasteiger partial charge in [-0.15, -0.1) is 0 Å². The normalized spacial score (nSPS) is 12.5. The Kier molecular flexibility index (Phi) is 8.72. The van der Waals surface area contributed by atoms with Crippen LogP contribution in [0, 0.1) is 11.3 Å². The molecule has 2 amide bonds. The van der Waals surface area contributed by atoms with E-state index in [0.717, 1.165) is 5.56 Å². The van der Waals surface area contributed by atoms with Crippen LogP contribution in [0.5, 0.6) is 0 Å². The van der Waals surface area contributed by atoms with Crippen LogP contribution in [0.15, 0.2) is 30.3 Å². The molecule has 1 aromatic carbocycles. The number of carbonyl (C=O) groups is 3. The van der Waals surface area contributed by atoms with Crippen LogP contribution < -0.4 is 10.6 Å². The zero-order valence-electron chi connectivity index (χ0n) is 14.2. The number of aliphatic carboxylic acids is 1. The number of amides is 2. The lowest BCUT2D eigenvalue weighted by Gasteiger charge is -2.15. The lowest BCUT2D eigenvalue weighted by molar-refractivity contribution is -0.142. The van der Waals surface area contributed by atoms with Gasteiger partial charge in [0.15, 0.2) is 0 Å². The fourth-order valence-corrected chi connectivity index (χ4v) is 2.27. The number of hydrogen-bond acceptors (Lipinski definition) is 4. The second-order valence-corrected chi connectivity index (χ2v) is 5.71. The number of nitrogens with one attached hydrogen (secondary N) is 2. The Hall–Kier alpha value is -2.88. The van der Waals surface area contributed by atoms with E-state index in [1.54, 1.807) is 0 Å². The molecule has 0 aliphatic rings. The van der Waals surface area contributed by atoms with Gasteiger partial charge in [-0.25, -0.2) is 4.79 Å². The molecule has 0 bridgehead atoms. The molecule has 0 spiro atoms. The molecule has 0 aliphatic heterocycles. The highest BCUT2D eigenvalue weighted by Gasteiger charge is 2.20. The van der Waals surface area contributed by atoms with Crippen LogP contribution in [0.4, 0.5) is 0 Å². The smallest absolute Gasteiger partial charge is 0.326 e. The van der Waals surface area contributed by atoms with Crippen LogP contribution in [-0.2, 0) is 14.4 Å². The fraction of sp³-hybridized carbons (Fsp3) is 0.444. The molecule has 1 aromatic rings. The molecule has 0 unspecified atom stereocenters. The predicted octanol–water partition coefficient (Wildman–Crippen LogP) is 1.91. The average Bonchev–Trinajstić information content (AvgIpc) is 2.59. The van der Waals surface area contributed by atoms with Crippen molar-refractivity contribution in [3.8, 4) is 6.07 Å². The van der Waals surface area contributed by atoms with Gasteiger partial charge in [0.05, 0.1) is 12.1 Å². The van der Waals surface area contributed by atoms with Gasteiger partial charge in [0, 0.05) is 19.3 Å². The molecule has 0 heterocycles. The Morgan fingerprint density at radius 1 is 1.12 bits per heavy atom. The number of nitriles is 1. The summed E-state index contributed by atoms with van der Waals surface area (Å²) < 4.78 is 0. The van der Waals surface area contributed by atoms with Crippen LogP contribution >= 0.6 is 0 Å². The Labute approximate surface area is 147 Å².